The molecule has 1 unspecified atom stereocenters. The Labute approximate surface area is 115 Å². The van der Waals surface area contributed by atoms with Crippen molar-refractivity contribution in [2.45, 2.75) is 45.1 Å². The number of unbranched alkanes of at least 4 members (excludes halogenated alkanes) is 2. The Balaban J connectivity index is 2.51. The van der Waals surface area contributed by atoms with Crippen molar-refractivity contribution in [3.63, 3.8) is 0 Å². The molecular formula is C14H21Cl2N. The normalized spacial score (nSPS) is 12.7. The summed E-state index contributed by atoms with van der Waals surface area (Å²) in [7, 11) is 2.02. The summed E-state index contributed by atoms with van der Waals surface area (Å²) in [5, 5.41) is 4.64. The van der Waals surface area contributed by atoms with Crippen LogP contribution in [0.5, 0.6) is 0 Å². The van der Waals surface area contributed by atoms with Gasteiger partial charge in [-0.15, -0.1) is 0 Å². The van der Waals surface area contributed by atoms with E-state index >= 15 is 0 Å². The minimum absolute atomic E-state index is 0.527. The maximum absolute atomic E-state index is 6.01. The molecule has 1 N–H and O–H groups in total. The van der Waals surface area contributed by atoms with Gasteiger partial charge in [0.2, 0.25) is 0 Å². The molecular weight excluding hydrogens is 253 g/mol. The average Bonchev–Trinajstić information content (AvgIpc) is 2.32. The number of halogens is 2. The minimum atomic E-state index is 0.527. The second kappa shape index (κ2) is 7.97. The zero-order chi connectivity index (χ0) is 12.7. The number of likely N-dealkylation sites (N-methyl/N-ethyl adjacent to an activating group) is 1. The predicted molar refractivity (Wildman–Crippen MR) is 77.2 cm³/mol. The zero-order valence-electron chi connectivity index (χ0n) is 10.6. The molecule has 0 saturated heterocycles. The second-order valence-corrected chi connectivity index (χ2v) is 5.25. The third-order valence-corrected chi connectivity index (χ3v) is 3.77. The molecule has 0 bridgehead atoms. The van der Waals surface area contributed by atoms with Gasteiger partial charge in [-0.25, -0.2) is 0 Å². The lowest BCUT2D eigenvalue weighted by Gasteiger charge is -2.16. The van der Waals surface area contributed by atoms with E-state index in [2.05, 4.69) is 18.3 Å². The van der Waals surface area contributed by atoms with Gasteiger partial charge in [0.25, 0.3) is 0 Å². The van der Waals surface area contributed by atoms with Crippen LogP contribution in [0.4, 0.5) is 0 Å². The monoisotopic (exact) mass is 273 g/mol. The molecule has 0 aliphatic rings. The van der Waals surface area contributed by atoms with Gasteiger partial charge in [-0.3, -0.25) is 0 Å². The topological polar surface area (TPSA) is 12.0 Å². The Bertz CT molecular complexity index is 339. The summed E-state index contributed by atoms with van der Waals surface area (Å²) in [5.41, 5.74) is 1.25. The zero-order valence-corrected chi connectivity index (χ0v) is 12.1. The Hall–Kier alpha value is -0.240. The first-order valence-electron chi connectivity index (χ1n) is 6.28. The molecule has 0 radical (unpaired) electrons. The van der Waals surface area contributed by atoms with E-state index in [4.69, 9.17) is 23.2 Å². The molecule has 1 aromatic rings. The summed E-state index contributed by atoms with van der Waals surface area (Å²) >= 11 is 11.9. The highest BCUT2D eigenvalue weighted by molar-refractivity contribution is 6.42. The predicted octanol–water partition coefficient (Wildman–Crippen LogP) is 4.70. The van der Waals surface area contributed by atoms with Crippen LogP contribution in [0, 0.1) is 0 Å². The average molecular weight is 274 g/mol. The first kappa shape index (κ1) is 14.8. The standard InChI is InChI=1S/C14H21Cl2N/c1-3-4-5-6-12(17-2)9-11-7-8-13(15)14(16)10-11/h7-8,10,12,17H,3-6,9H2,1-2H3. The van der Waals surface area contributed by atoms with Gasteiger partial charge in [0, 0.05) is 6.04 Å². The lowest BCUT2D eigenvalue weighted by Crippen LogP contribution is -2.27. The number of hydrogen-bond acceptors (Lipinski definition) is 1. The quantitative estimate of drug-likeness (QED) is 0.710. The summed E-state index contributed by atoms with van der Waals surface area (Å²) in [6.45, 7) is 2.23. The molecule has 1 atom stereocenters. The Morgan fingerprint density at radius 1 is 1.18 bits per heavy atom. The summed E-state index contributed by atoms with van der Waals surface area (Å²) < 4.78 is 0. The molecule has 17 heavy (non-hydrogen) atoms. The van der Waals surface area contributed by atoms with E-state index in [1.807, 2.05) is 19.2 Å². The molecule has 0 heterocycles. The van der Waals surface area contributed by atoms with Crippen LogP contribution < -0.4 is 5.32 Å². The van der Waals surface area contributed by atoms with E-state index in [1.54, 1.807) is 0 Å². The van der Waals surface area contributed by atoms with E-state index in [0.29, 0.717) is 16.1 Å². The summed E-state index contributed by atoms with van der Waals surface area (Å²) in [6, 6.07) is 6.42. The van der Waals surface area contributed by atoms with Gasteiger partial charge in [-0.1, -0.05) is 55.5 Å². The van der Waals surface area contributed by atoms with Gasteiger partial charge in [0.15, 0.2) is 0 Å². The maximum Gasteiger partial charge on any atom is 0.0595 e. The number of hydrogen-bond donors (Lipinski definition) is 1. The van der Waals surface area contributed by atoms with Crippen LogP contribution in [0.3, 0.4) is 0 Å². The van der Waals surface area contributed by atoms with Crippen molar-refractivity contribution in [1.29, 1.82) is 0 Å². The molecule has 0 amide bonds. The van der Waals surface area contributed by atoms with Crippen LogP contribution in [0.15, 0.2) is 18.2 Å². The van der Waals surface area contributed by atoms with Gasteiger partial charge in [0.05, 0.1) is 10.0 Å². The Morgan fingerprint density at radius 2 is 1.94 bits per heavy atom. The molecule has 3 heteroatoms. The number of benzene rings is 1. The lowest BCUT2D eigenvalue weighted by molar-refractivity contribution is 0.490. The van der Waals surface area contributed by atoms with E-state index < -0.39 is 0 Å². The number of rotatable bonds is 7. The van der Waals surface area contributed by atoms with Gasteiger partial charge in [0.1, 0.15) is 0 Å². The molecule has 0 fully saturated rings. The van der Waals surface area contributed by atoms with Crippen molar-refractivity contribution >= 4 is 23.2 Å². The SMILES string of the molecule is CCCCCC(Cc1ccc(Cl)c(Cl)c1)NC. The Morgan fingerprint density at radius 3 is 2.53 bits per heavy atom. The largest absolute Gasteiger partial charge is 0.317 e. The Kier molecular flexibility index (Phi) is 6.94. The van der Waals surface area contributed by atoms with Crippen molar-refractivity contribution in [1.82, 2.24) is 5.32 Å². The fourth-order valence-electron chi connectivity index (χ4n) is 1.94. The molecule has 1 aromatic carbocycles. The van der Waals surface area contributed by atoms with Crippen molar-refractivity contribution in [3.8, 4) is 0 Å². The van der Waals surface area contributed by atoms with Gasteiger partial charge >= 0.3 is 0 Å². The van der Waals surface area contributed by atoms with Crippen LogP contribution in [-0.2, 0) is 6.42 Å². The van der Waals surface area contributed by atoms with E-state index in [9.17, 15) is 0 Å². The number of nitrogens with one attached hydrogen (secondary N) is 1. The van der Waals surface area contributed by atoms with Crippen LogP contribution >= 0.6 is 23.2 Å². The van der Waals surface area contributed by atoms with E-state index in [1.165, 1.54) is 31.2 Å². The molecule has 96 valence electrons. The summed E-state index contributed by atoms with van der Waals surface area (Å²) in [5.74, 6) is 0. The van der Waals surface area contributed by atoms with Crippen LogP contribution in [0.2, 0.25) is 10.0 Å². The van der Waals surface area contributed by atoms with Crippen molar-refractivity contribution in [2.24, 2.45) is 0 Å². The van der Waals surface area contributed by atoms with Gasteiger partial charge < -0.3 is 5.32 Å². The smallest absolute Gasteiger partial charge is 0.0595 e. The molecule has 0 saturated carbocycles. The van der Waals surface area contributed by atoms with Crippen molar-refractivity contribution < 1.29 is 0 Å². The lowest BCUT2D eigenvalue weighted by atomic mass is 10.0. The van der Waals surface area contributed by atoms with Crippen molar-refractivity contribution in [2.75, 3.05) is 7.05 Å². The van der Waals surface area contributed by atoms with E-state index in [0.717, 1.165) is 6.42 Å². The van der Waals surface area contributed by atoms with Crippen LogP contribution in [-0.4, -0.2) is 13.1 Å². The summed E-state index contributed by atoms with van der Waals surface area (Å²) in [4.78, 5) is 0. The van der Waals surface area contributed by atoms with Crippen LogP contribution in [0.25, 0.3) is 0 Å². The van der Waals surface area contributed by atoms with Crippen LogP contribution in [0.1, 0.15) is 38.2 Å². The van der Waals surface area contributed by atoms with Gasteiger partial charge in [-0.2, -0.15) is 0 Å². The highest BCUT2D eigenvalue weighted by Crippen LogP contribution is 2.23. The molecule has 0 aliphatic heterocycles. The summed E-state index contributed by atoms with van der Waals surface area (Å²) in [6.07, 6.45) is 6.08. The van der Waals surface area contributed by atoms with E-state index in [-0.39, 0.29) is 0 Å². The third kappa shape index (κ3) is 5.29. The fraction of sp³-hybridized carbons (Fsp3) is 0.571. The minimum Gasteiger partial charge on any atom is -0.317 e. The molecule has 0 aromatic heterocycles. The molecule has 0 spiro atoms. The highest BCUT2D eigenvalue weighted by Gasteiger charge is 2.08. The first-order valence-corrected chi connectivity index (χ1v) is 7.04. The van der Waals surface area contributed by atoms with Gasteiger partial charge in [-0.05, 0) is 37.6 Å². The molecule has 1 nitrogen and oxygen atoms in total. The fourth-order valence-corrected chi connectivity index (χ4v) is 2.26. The van der Waals surface area contributed by atoms with Crippen molar-refractivity contribution in [3.05, 3.63) is 33.8 Å². The first-order chi connectivity index (χ1) is 8.17. The molecule has 1 rings (SSSR count). The second-order valence-electron chi connectivity index (χ2n) is 4.43. The highest BCUT2D eigenvalue weighted by atomic mass is 35.5. The molecule has 0 aliphatic carbocycles. The third-order valence-electron chi connectivity index (χ3n) is 3.03. The maximum atomic E-state index is 6.01.